The number of rotatable bonds is 4. The number of thiophene rings is 1. The molecule has 0 unspecified atom stereocenters. The molecule has 154 valence electrons. The summed E-state index contributed by atoms with van der Waals surface area (Å²) in [5, 5.41) is 11.1. The first kappa shape index (κ1) is 19.3. The maximum Gasteiger partial charge on any atom is 0.233 e. The minimum Gasteiger partial charge on any atom is -0.342 e. The summed E-state index contributed by atoms with van der Waals surface area (Å²) in [5.41, 5.74) is 2.34. The number of carbonyl (C=O) groups excluding carboxylic acids is 1. The van der Waals surface area contributed by atoms with Gasteiger partial charge in [0.1, 0.15) is 10.7 Å². The van der Waals surface area contributed by atoms with Gasteiger partial charge in [0.25, 0.3) is 0 Å². The zero-order chi connectivity index (χ0) is 20.1. The average molecular weight is 430 g/mol. The molecule has 6 nitrogen and oxygen atoms in total. The summed E-state index contributed by atoms with van der Waals surface area (Å²) >= 11 is 3.33. The van der Waals surface area contributed by atoms with Crippen molar-refractivity contribution < 1.29 is 4.79 Å². The molecule has 0 spiro atoms. The van der Waals surface area contributed by atoms with Crippen LogP contribution in [0, 0.1) is 5.92 Å². The van der Waals surface area contributed by atoms with Crippen LogP contribution in [0.4, 0.5) is 0 Å². The molecule has 3 aromatic heterocycles. The Bertz CT molecular complexity index is 1080. The maximum atomic E-state index is 12.5. The number of thioether (sulfide) groups is 1. The van der Waals surface area contributed by atoms with E-state index in [0.29, 0.717) is 5.75 Å². The summed E-state index contributed by atoms with van der Waals surface area (Å²) < 4.78 is 2.11. The lowest BCUT2D eigenvalue weighted by Gasteiger charge is -2.18. The van der Waals surface area contributed by atoms with E-state index in [1.165, 1.54) is 34.0 Å². The van der Waals surface area contributed by atoms with Crippen LogP contribution in [0.5, 0.6) is 0 Å². The highest BCUT2D eigenvalue weighted by atomic mass is 32.2. The average Bonchev–Trinajstić information content (AvgIpc) is 3.42. The number of nitrogens with zero attached hydrogens (tertiary/aromatic N) is 5. The van der Waals surface area contributed by atoms with E-state index in [2.05, 4.69) is 35.4 Å². The number of likely N-dealkylation sites (tertiary alicyclic amines) is 1. The Labute approximate surface area is 179 Å². The van der Waals surface area contributed by atoms with E-state index in [1.807, 2.05) is 16.2 Å². The van der Waals surface area contributed by atoms with Crippen LogP contribution in [0.3, 0.4) is 0 Å². The molecule has 5 rings (SSSR count). The van der Waals surface area contributed by atoms with Crippen LogP contribution >= 0.6 is 23.1 Å². The van der Waals surface area contributed by atoms with Gasteiger partial charge in [-0.1, -0.05) is 32.5 Å². The third-order valence-electron chi connectivity index (χ3n) is 6.10. The zero-order valence-electron chi connectivity index (χ0n) is 17.3. The van der Waals surface area contributed by atoms with Crippen molar-refractivity contribution in [2.75, 3.05) is 18.8 Å². The number of hydrogen-bond acceptors (Lipinski definition) is 6. The van der Waals surface area contributed by atoms with E-state index in [1.54, 1.807) is 0 Å². The molecule has 0 aromatic carbocycles. The number of carbonyl (C=O) groups is 1. The van der Waals surface area contributed by atoms with Crippen molar-refractivity contribution in [3.8, 4) is 0 Å². The number of fused-ring (bicyclic) bond motifs is 5. The van der Waals surface area contributed by atoms with Crippen molar-refractivity contribution in [3.63, 3.8) is 0 Å². The highest BCUT2D eigenvalue weighted by Gasteiger charge is 2.27. The van der Waals surface area contributed by atoms with Crippen molar-refractivity contribution in [1.82, 2.24) is 24.5 Å². The lowest BCUT2D eigenvalue weighted by atomic mass is 9.89. The summed E-state index contributed by atoms with van der Waals surface area (Å²) in [7, 11) is 0. The van der Waals surface area contributed by atoms with E-state index in [9.17, 15) is 4.79 Å². The SMILES string of the molecule is CC(C)c1nc2sc3c(c2c2nnc(SCC(=O)N4CCCC4)n12)CC[C@@H](C)C3. The fourth-order valence-corrected chi connectivity index (χ4v) is 6.73. The van der Waals surface area contributed by atoms with Crippen LogP contribution in [0.2, 0.25) is 0 Å². The molecule has 1 atom stereocenters. The molecule has 29 heavy (non-hydrogen) atoms. The van der Waals surface area contributed by atoms with E-state index >= 15 is 0 Å². The zero-order valence-corrected chi connectivity index (χ0v) is 18.9. The van der Waals surface area contributed by atoms with Gasteiger partial charge >= 0.3 is 0 Å². The molecular formula is C21H27N5OS2. The summed E-state index contributed by atoms with van der Waals surface area (Å²) in [6.45, 7) is 8.43. The standard InChI is InChI=1S/C21H27N5OS2/c1-12(2)18-22-20-17(14-7-6-13(3)10-15(14)29-20)19-23-24-21(26(18)19)28-11-16(27)25-8-4-5-9-25/h12-13H,4-11H2,1-3H3/t13-/m1/s1. The predicted octanol–water partition coefficient (Wildman–Crippen LogP) is 4.30. The minimum atomic E-state index is 0.200. The summed E-state index contributed by atoms with van der Waals surface area (Å²) in [6.07, 6.45) is 5.69. The van der Waals surface area contributed by atoms with E-state index < -0.39 is 0 Å². The largest absolute Gasteiger partial charge is 0.342 e. The number of amides is 1. The van der Waals surface area contributed by atoms with Crippen molar-refractivity contribution in [2.45, 2.75) is 63.9 Å². The molecule has 4 heterocycles. The van der Waals surface area contributed by atoms with E-state index in [0.717, 1.165) is 66.1 Å². The molecule has 0 radical (unpaired) electrons. The van der Waals surface area contributed by atoms with Crippen molar-refractivity contribution in [3.05, 3.63) is 16.3 Å². The Kier molecular flexibility index (Phi) is 5.02. The molecule has 0 bridgehead atoms. The molecule has 3 aromatic rings. The van der Waals surface area contributed by atoms with Crippen LogP contribution in [-0.4, -0.2) is 49.2 Å². The van der Waals surface area contributed by atoms with Gasteiger partial charge in [-0.15, -0.1) is 21.5 Å². The second-order valence-corrected chi connectivity index (χ2v) is 10.7. The van der Waals surface area contributed by atoms with Crippen LogP contribution in [-0.2, 0) is 17.6 Å². The molecular weight excluding hydrogens is 402 g/mol. The Morgan fingerprint density at radius 3 is 2.83 bits per heavy atom. The topological polar surface area (TPSA) is 63.4 Å². The smallest absolute Gasteiger partial charge is 0.233 e. The molecule has 1 fully saturated rings. The number of aryl methyl sites for hydroxylation is 1. The fourth-order valence-electron chi connectivity index (χ4n) is 4.50. The van der Waals surface area contributed by atoms with Crippen LogP contribution in [0.15, 0.2) is 5.16 Å². The van der Waals surface area contributed by atoms with Crippen LogP contribution in [0.1, 0.15) is 62.2 Å². The summed E-state index contributed by atoms with van der Waals surface area (Å²) in [5.74, 6) is 2.59. The molecule has 1 aliphatic heterocycles. The van der Waals surface area contributed by atoms with Gasteiger partial charge in [0.15, 0.2) is 10.8 Å². The molecule has 2 aliphatic rings. The highest BCUT2D eigenvalue weighted by molar-refractivity contribution is 7.99. The highest BCUT2D eigenvalue weighted by Crippen LogP contribution is 2.40. The monoisotopic (exact) mass is 429 g/mol. The third-order valence-corrected chi connectivity index (χ3v) is 8.16. The fraction of sp³-hybridized carbons (Fsp3) is 0.619. The van der Waals surface area contributed by atoms with E-state index in [-0.39, 0.29) is 11.8 Å². The van der Waals surface area contributed by atoms with Crippen LogP contribution < -0.4 is 0 Å². The minimum absolute atomic E-state index is 0.200. The van der Waals surface area contributed by atoms with Gasteiger partial charge in [-0.25, -0.2) is 4.98 Å². The first-order valence-corrected chi connectivity index (χ1v) is 12.4. The Hall–Kier alpha value is -1.67. The third kappa shape index (κ3) is 3.34. The van der Waals surface area contributed by atoms with Crippen molar-refractivity contribution in [2.24, 2.45) is 5.92 Å². The van der Waals surface area contributed by atoms with Gasteiger partial charge < -0.3 is 4.90 Å². The molecule has 1 amide bonds. The van der Waals surface area contributed by atoms with Gasteiger partial charge in [0.05, 0.1) is 11.1 Å². The second-order valence-electron chi connectivity index (χ2n) is 8.67. The first-order chi connectivity index (χ1) is 14.0. The van der Waals surface area contributed by atoms with Gasteiger partial charge in [-0.3, -0.25) is 9.20 Å². The molecule has 0 N–H and O–H groups in total. The lowest BCUT2D eigenvalue weighted by molar-refractivity contribution is -0.127. The Balaban J connectivity index is 1.57. The number of aromatic nitrogens is 4. The van der Waals surface area contributed by atoms with Gasteiger partial charge in [0.2, 0.25) is 5.91 Å². The van der Waals surface area contributed by atoms with Gasteiger partial charge in [-0.2, -0.15) is 0 Å². The maximum absolute atomic E-state index is 12.5. The normalized spacial score (nSPS) is 19.6. The van der Waals surface area contributed by atoms with Crippen molar-refractivity contribution in [1.29, 1.82) is 0 Å². The lowest BCUT2D eigenvalue weighted by Crippen LogP contribution is -2.29. The second kappa shape index (κ2) is 7.54. The predicted molar refractivity (Wildman–Crippen MR) is 118 cm³/mol. The van der Waals surface area contributed by atoms with E-state index in [4.69, 9.17) is 4.98 Å². The molecule has 0 saturated carbocycles. The van der Waals surface area contributed by atoms with Gasteiger partial charge in [-0.05, 0) is 43.6 Å². The molecule has 1 saturated heterocycles. The van der Waals surface area contributed by atoms with Crippen LogP contribution in [0.25, 0.3) is 15.9 Å². The van der Waals surface area contributed by atoms with Crippen molar-refractivity contribution >= 4 is 44.9 Å². The molecule has 1 aliphatic carbocycles. The Morgan fingerprint density at radius 2 is 2.07 bits per heavy atom. The summed E-state index contributed by atoms with van der Waals surface area (Å²) in [6, 6.07) is 0. The summed E-state index contributed by atoms with van der Waals surface area (Å²) in [4.78, 5) is 22.1. The van der Waals surface area contributed by atoms with Gasteiger partial charge in [0, 0.05) is 23.9 Å². The number of hydrogen-bond donors (Lipinski definition) is 0. The first-order valence-electron chi connectivity index (χ1n) is 10.6. The molecule has 8 heteroatoms. The Morgan fingerprint density at radius 1 is 1.28 bits per heavy atom. The quantitative estimate of drug-likeness (QED) is 0.579.